The molecule has 3 heterocycles. The molecule has 2 amide bonds. The van der Waals surface area contributed by atoms with Crippen LogP contribution in [0.2, 0.25) is 0 Å². The van der Waals surface area contributed by atoms with E-state index in [0.717, 1.165) is 38.6 Å². The Morgan fingerprint density at radius 2 is 1.91 bits per heavy atom. The van der Waals surface area contributed by atoms with E-state index in [-0.39, 0.29) is 12.1 Å². The summed E-state index contributed by atoms with van der Waals surface area (Å²) in [4.78, 5) is 14.6. The highest BCUT2D eigenvalue weighted by Crippen LogP contribution is 2.26. The van der Waals surface area contributed by atoms with Crippen molar-refractivity contribution in [1.82, 2.24) is 15.5 Å². The van der Waals surface area contributed by atoms with Crippen LogP contribution in [0.25, 0.3) is 0 Å². The third-order valence-electron chi connectivity index (χ3n) is 5.18. The van der Waals surface area contributed by atoms with Gasteiger partial charge in [0.1, 0.15) is 0 Å². The van der Waals surface area contributed by atoms with Gasteiger partial charge in [-0.1, -0.05) is 0 Å². The van der Waals surface area contributed by atoms with Crippen LogP contribution in [0, 0.1) is 5.92 Å². The van der Waals surface area contributed by atoms with Crippen LogP contribution >= 0.6 is 11.8 Å². The van der Waals surface area contributed by atoms with Crippen molar-refractivity contribution in [1.29, 1.82) is 0 Å². The zero-order valence-corrected chi connectivity index (χ0v) is 14.2. The fraction of sp³-hybridized carbons (Fsp3) is 0.938. The normalized spacial score (nSPS) is 28.6. The average Bonchev–Trinajstić information content (AvgIpc) is 3.09. The third kappa shape index (κ3) is 4.77. The van der Waals surface area contributed by atoms with E-state index in [1.54, 1.807) is 0 Å². The number of carbonyl (C=O) groups is 1. The topological polar surface area (TPSA) is 53.6 Å². The van der Waals surface area contributed by atoms with Crippen LogP contribution in [0.5, 0.6) is 0 Å². The van der Waals surface area contributed by atoms with E-state index in [0.29, 0.717) is 5.92 Å². The number of piperidine rings is 1. The standard InChI is InChI=1S/C16H29N3O2S/c20-16(18-14-3-8-21-9-4-14)17-11-13-1-6-19(7-2-13)15-5-10-22-12-15/h13-15H,1-12H2,(H2,17,18,20)/t15-/m1/s1. The Morgan fingerprint density at radius 3 is 2.59 bits per heavy atom. The van der Waals surface area contributed by atoms with Crippen molar-refractivity contribution in [3.8, 4) is 0 Å². The molecule has 0 unspecified atom stereocenters. The minimum atomic E-state index is 0.00141. The van der Waals surface area contributed by atoms with E-state index in [4.69, 9.17) is 4.74 Å². The summed E-state index contributed by atoms with van der Waals surface area (Å²) in [6, 6.07) is 1.10. The van der Waals surface area contributed by atoms with Crippen molar-refractivity contribution >= 4 is 17.8 Å². The van der Waals surface area contributed by atoms with Crippen molar-refractivity contribution in [3.63, 3.8) is 0 Å². The lowest BCUT2D eigenvalue weighted by molar-refractivity contribution is 0.0799. The van der Waals surface area contributed by atoms with Crippen LogP contribution in [0.3, 0.4) is 0 Å². The number of hydrogen-bond acceptors (Lipinski definition) is 4. The number of hydrogen-bond donors (Lipinski definition) is 2. The van der Waals surface area contributed by atoms with Crippen molar-refractivity contribution < 1.29 is 9.53 Å². The van der Waals surface area contributed by atoms with Gasteiger partial charge in [-0.3, -0.25) is 4.90 Å². The Balaban J connectivity index is 1.30. The summed E-state index contributed by atoms with van der Waals surface area (Å²) in [6.07, 6.45) is 5.68. The van der Waals surface area contributed by atoms with Crippen molar-refractivity contribution in [2.45, 2.75) is 44.2 Å². The quantitative estimate of drug-likeness (QED) is 0.825. The molecule has 3 aliphatic rings. The van der Waals surface area contributed by atoms with Crippen molar-refractivity contribution in [3.05, 3.63) is 0 Å². The summed E-state index contributed by atoms with van der Waals surface area (Å²) in [5.41, 5.74) is 0. The van der Waals surface area contributed by atoms with Crippen molar-refractivity contribution in [2.75, 3.05) is 44.4 Å². The molecule has 3 rings (SSSR count). The number of carbonyl (C=O) groups excluding carboxylic acids is 1. The molecule has 3 fully saturated rings. The molecule has 6 heteroatoms. The summed E-state index contributed by atoms with van der Waals surface area (Å²) in [7, 11) is 0. The predicted molar refractivity (Wildman–Crippen MR) is 90.4 cm³/mol. The summed E-state index contributed by atoms with van der Waals surface area (Å²) >= 11 is 2.09. The molecule has 3 saturated heterocycles. The Morgan fingerprint density at radius 1 is 1.14 bits per heavy atom. The van der Waals surface area contributed by atoms with Gasteiger partial charge < -0.3 is 15.4 Å². The highest BCUT2D eigenvalue weighted by atomic mass is 32.2. The zero-order chi connectivity index (χ0) is 15.2. The minimum absolute atomic E-state index is 0.00141. The number of urea groups is 1. The lowest BCUT2D eigenvalue weighted by Gasteiger charge is -2.35. The lowest BCUT2D eigenvalue weighted by Crippen LogP contribution is -2.47. The van der Waals surface area contributed by atoms with Gasteiger partial charge >= 0.3 is 6.03 Å². The Labute approximate surface area is 137 Å². The minimum Gasteiger partial charge on any atom is -0.381 e. The van der Waals surface area contributed by atoms with E-state index in [9.17, 15) is 4.79 Å². The third-order valence-corrected chi connectivity index (χ3v) is 6.32. The molecule has 1 atom stereocenters. The SMILES string of the molecule is O=C(NCC1CCN([C@@H]2CCSC2)CC1)NC1CCOCC1. The Bertz CT molecular complexity index is 349. The molecule has 126 valence electrons. The maximum Gasteiger partial charge on any atom is 0.315 e. The number of amides is 2. The molecule has 5 nitrogen and oxygen atoms in total. The second-order valence-electron chi connectivity index (χ2n) is 6.74. The first-order valence-corrected chi connectivity index (χ1v) is 9.90. The van der Waals surface area contributed by atoms with Crippen LogP contribution in [-0.2, 0) is 4.74 Å². The molecular formula is C16H29N3O2S. The Kier molecular flexibility index (Phi) is 6.27. The second-order valence-corrected chi connectivity index (χ2v) is 7.89. The van der Waals surface area contributed by atoms with Gasteiger partial charge in [-0.15, -0.1) is 0 Å². The maximum atomic E-state index is 12.0. The summed E-state index contributed by atoms with van der Waals surface area (Å²) in [5.74, 6) is 3.29. The summed E-state index contributed by atoms with van der Waals surface area (Å²) in [5, 5.41) is 6.14. The molecular weight excluding hydrogens is 298 g/mol. The fourth-order valence-electron chi connectivity index (χ4n) is 3.65. The monoisotopic (exact) mass is 327 g/mol. The smallest absolute Gasteiger partial charge is 0.315 e. The molecule has 0 aromatic heterocycles. The van der Waals surface area contributed by atoms with Gasteiger partial charge in [0.05, 0.1) is 0 Å². The van der Waals surface area contributed by atoms with Gasteiger partial charge in [-0.25, -0.2) is 4.79 Å². The van der Waals surface area contributed by atoms with E-state index < -0.39 is 0 Å². The van der Waals surface area contributed by atoms with E-state index >= 15 is 0 Å². The molecule has 2 N–H and O–H groups in total. The van der Waals surface area contributed by atoms with Gasteiger partial charge in [0.2, 0.25) is 0 Å². The predicted octanol–water partition coefficient (Wildman–Crippen LogP) is 1.68. The number of ether oxygens (including phenoxy) is 1. The number of nitrogens with one attached hydrogen (secondary N) is 2. The van der Waals surface area contributed by atoms with E-state index in [1.807, 2.05) is 0 Å². The molecule has 3 aliphatic heterocycles. The van der Waals surface area contributed by atoms with Crippen LogP contribution in [-0.4, -0.2) is 67.4 Å². The molecule has 0 aromatic carbocycles. The van der Waals surface area contributed by atoms with Crippen molar-refractivity contribution in [2.24, 2.45) is 5.92 Å². The Hall–Kier alpha value is -0.460. The number of thioether (sulfide) groups is 1. The van der Waals surface area contributed by atoms with Crippen LogP contribution in [0.15, 0.2) is 0 Å². The first-order chi connectivity index (χ1) is 10.8. The first kappa shape index (κ1) is 16.4. The van der Waals surface area contributed by atoms with Crippen LogP contribution in [0.1, 0.15) is 32.1 Å². The number of likely N-dealkylation sites (tertiary alicyclic amines) is 1. The fourth-order valence-corrected chi connectivity index (χ4v) is 4.90. The molecule has 0 aliphatic carbocycles. The van der Waals surface area contributed by atoms with Gasteiger partial charge in [0.25, 0.3) is 0 Å². The summed E-state index contributed by atoms with van der Waals surface area (Å²) in [6.45, 7) is 4.77. The van der Waals surface area contributed by atoms with Gasteiger partial charge in [-0.05, 0) is 56.9 Å². The molecule has 0 radical (unpaired) electrons. The average molecular weight is 327 g/mol. The maximum absolute atomic E-state index is 12.0. The molecule has 0 aromatic rings. The van der Waals surface area contributed by atoms with E-state index in [1.165, 1.54) is 43.9 Å². The first-order valence-electron chi connectivity index (χ1n) is 8.75. The highest BCUT2D eigenvalue weighted by Gasteiger charge is 2.27. The molecule has 0 spiro atoms. The summed E-state index contributed by atoms with van der Waals surface area (Å²) < 4.78 is 5.31. The highest BCUT2D eigenvalue weighted by molar-refractivity contribution is 7.99. The van der Waals surface area contributed by atoms with E-state index in [2.05, 4.69) is 27.3 Å². The second kappa shape index (κ2) is 8.41. The van der Waals surface area contributed by atoms with Gasteiger partial charge in [0, 0.05) is 37.6 Å². The molecule has 0 bridgehead atoms. The zero-order valence-electron chi connectivity index (χ0n) is 13.4. The molecule has 0 saturated carbocycles. The molecule has 22 heavy (non-hydrogen) atoms. The largest absolute Gasteiger partial charge is 0.381 e. The number of nitrogens with zero attached hydrogens (tertiary/aromatic N) is 1. The van der Waals surface area contributed by atoms with Gasteiger partial charge in [-0.2, -0.15) is 11.8 Å². The van der Waals surface area contributed by atoms with Crippen LogP contribution < -0.4 is 10.6 Å². The number of rotatable bonds is 4. The van der Waals surface area contributed by atoms with Crippen LogP contribution in [0.4, 0.5) is 4.79 Å². The van der Waals surface area contributed by atoms with Gasteiger partial charge in [0.15, 0.2) is 0 Å². The lowest BCUT2D eigenvalue weighted by atomic mass is 9.95.